The van der Waals surface area contributed by atoms with Crippen molar-refractivity contribution < 1.29 is 12.4 Å². The Kier molecular flexibility index (Phi) is 9.57. The molecule has 0 saturated heterocycles. The molecule has 2 heteroatoms. The molecule has 156 valence electrons. The number of allylic oxidation sites excluding steroid dienone is 4. The Balaban J connectivity index is 0.00000320. The van der Waals surface area contributed by atoms with Gasteiger partial charge in [0.05, 0.1) is 6.16 Å². The van der Waals surface area contributed by atoms with Gasteiger partial charge in [0, 0.05) is 0 Å². The molecule has 0 radical (unpaired) electrons. The number of halogens is 1. The smallest absolute Gasteiger partial charge is 0.115 e. The molecule has 0 fully saturated rings. The molecular weight excluding hydrogens is 403 g/mol. The maximum atomic E-state index is 2.50. The lowest BCUT2D eigenvalue weighted by molar-refractivity contribution is -0.00000596. The van der Waals surface area contributed by atoms with E-state index < -0.39 is 7.26 Å². The molecule has 0 spiro atoms. The van der Waals surface area contributed by atoms with E-state index in [1.807, 2.05) is 0 Å². The zero-order valence-corrected chi connectivity index (χ0v) is 19.9. The van der Waals surface area contributed by atoms with Gasteiger partial charge in [0.15, 0.2) is 0 Å². The molecule has 0 heterocycles. The molecule has 30 heavy (non-hydrogen) atoms. The molecule has 0 nitrogen and oxygen atoms in total. The monoisotopic (exact) mass is 434 g/mol. The van der Waals surface area contributed by atoms with Crippen molar-refractivity contribution in [1.29, 1.82) is 0 Å². The highest BCUT2D eigenvalue weighted by atomic mass is 35.5. The maximum absolute atomic E-state index is 2.50. The summed E-state index contributed by atoms with van der Waals surface area (Å²) in [6.45, 7) is 6.64. The fourth-order valence-electron chi connectivity index (χ4n) is 3.79. The van der Waals surface area contributed by atoms with Crippen molar-refractivity contribution in [2.24, 2.45) is 0 Å². The van der Waals surface area contributed by atoms with Gasteiger partial charge in [-0.25, -0.2) is 0 Å². The van der Waals surface area contributed by atoms with Crippen molar-refractivity contribution in [3.8, 4) is 0 Å². The topological polar surface area (TPSA) is 0 Å². The molecular formula is C28H32ClP. The predicted molar refractivity (Wildman–Crippen MR) is 132 cm³/mol. The highest BCUT2D eigenvalue weighted by Crippen LogP contribution is 2.55. The standard InChI is InChI=1S/C28H32P.ClH/c1-24(2)14-13-15-25(3)22-23-29(26-16-7-4-8-17-26,27-18-9-5-10-19-27)28-20-11-6-12-21-28;/h4-12,14,16-22H,13,15,23H2,1-3H3;1H/q+1;/p-1. The van der Waals surface area contributed by atoms with Crippen LogP contribution in [0, 0.1) is 0 Å². The Morgan fingerprint density at radius 2 is 1.03 bits per heavy atom. The minimum absolute atomic E-state index is 0. The molecule has 3 rings (SSSR count). The van der Waals surface area contributed by atoms with E-state index in [0.29, 0.717) is 0 Å². The van der Waals surface area contributed by atoms with Crippen LogP contribution in [0.2, 0.25) is 0 Å². The Morgan fingerprint density at radius 1 is 0.633 bits per heavy atom. The number of hydrogen-bond donors (Lipinski definition) is 0. The van der Waals surface area contributed by atoms with Gasteiger partial charge >= 0.3 is 0 Å². The van der Waals surface area contributed by atoms with Crippen molar-refractivity contribution in [3.63, 3.8) is 0 Å². The highest BCUT2D eigenvalue weighted by molar-refractivity contribution is 7.95. The summed E-state index contributed by atoms with van der Waals surface area (Å²) in [7, 11) is -1.75. The average molecular weight is 435 g/mol. The zero-order chi connectivity index (χ0) is 20.5. The Hall–Kier alpha value is -2.14. The SMILES string of the molecule is CC(C)=CCCC(C)=CC[P+](c1ccccc1)(c1ccccc1)c1ccccc1.[Cl-]. The first kappa shape index (κ1) is 24.1. The summed E-state index contributed by atoms with van der Waals surface area (Å²) in [5.41, 5.74) is 2.88. The van der Waals surface area contributed by atoms with Gasteiger partial charge in [-0.05, 0) is 76.1 Å². The third-order valence-electron chi connectivity index (χ3n) is 5.40. The number of hydrogen-bond acceptors (Lipinski definition) is 0. The van der Waals surface area contributed by atoms with E-state index in [0.717, 1.165) is 19.0 Å². The maximum Gasteiger partial charge on any atom is 0.115 e. The average Bonchev–Trinajstić information content (AvgIpc) is 2.76. The first-order valence-corrected chi connectivity index (χ1v) is 12.4. The van der Waals surface area contributed by atoms with Crippen LogP contribution in [0.1, 0.15) is 33.6 Å². The van der Waals surface area contributed by atoms with Crippen LogP contribution >= 0.6 is 7.26 Å². The second-order valence-electron chi connectivity index (χ2n) is 7.87. The highest BCUT2D eigenvalue weighted by Gasteiger charge is 2.44. The summed E-state index contributed by atoms with van der Waals surface area (Å²) in [5.74, 6) is 0. The van der Waals surface area contributed by atoms with Gasteiger partial charge in [0.25, 0.3) is 0 Å². The lowest BCUT2D eigenvalue weighted by Gasteiger charge is -2.27. The second kappa shape index (κ2) is 11.9. The third kappa shape index (κ3) is 5.94. The summed E-state index contributed by atoms with van der Waals surface area (Å²) in [5, 5.41) is 4.35. The zero-order valence-electron chi connectivity index (χ0n) is 18.3. The van der Waals surface area contributed by atoms with Crippen LogP contribution in [0.5, 0.6) is 0 Å². The van der Waals surface area contributed by atoms with E-state index in [4.69, 9.17) is 0 Å². The molecule has 0 aromatic heterocycles. The van der Waals surface area contributed by atoms with Crippen molar-refractivity contribution in [2.45, 2.75) is 33.6 Å². The van der Waals surface area contributed by atoms with Crippen LogP contribution in [0.15, 0.2) is 114 Å². The van der Waals surface area contributed by atoms with Gasteiger partial charge in [-0.1, -0.05) is 71.8 Å². The predicted octanol–water partition coefficient (Wildman–Crippen LogP) is 3.68. The first-order valence-electron chi connectivity index (χ1n) is 10.5. The van der Waals surface area contributed by atoms with E-state index in [2.05, 4.69) is 124 Å². The summed E-state index contributed by atoms with van der Waals surface area (Å²) < 4.78 is 0. The van der Waals surface area contributed by atoms with Crippen LogP contribution in [-0.2, 0) is 0 Å². The molecule has 0 unspecified atom stereocenters. The molecule has 0 N–H and O–H groups in total. The minimum atomic E-state index is -1.75. The lowest BCUT2D eigenvalue weighted by atomic mass is 10.1. The summed E-state index contributed by atoms with van der Waals surface area (Å²) in [6, 6.07) is 33.4. The van der Waals surface area contributed by atoms with Crippen LogP contribution in [0.4, 0.5) is 0 Å². The van der Waals surface area contributed by atoms with E-state index in [1.54, 1.807) is 0 Å². The Labute approximate surface area is 189 Å². The molecule has 0 aliphatic heterocycles. The van der Waals surface area contributed by atoms with Crippen molar-refractivity contribution >= 4 is 23.2 Å². The van der Waals surface area contributed by atoms with Gasteiger partial charge in [0.2, 0.25) is 0 Å². The molecule has 3 aromatic carbocycles. The third-order valence-corrected chi connectivity index (χ3v) is 9.67. The van der Waals surface area contributed by atoms with Gasteiger partial charge in [-0.15, -0.1) is 0 Å². The lowest BCUT2D eigenvalue weighted by Crippen LogP contribution is -3.00. The Bertz CT molecular complexity index is 843. The molecule has 3 aromatic rings. The number of rotatable bonds is 8. The van der Waals surface area contributed by atoms with Gasteiger partial charge in [0.1, 0.15) is 23.2 Å². The van der Waals surface area contributed by atoms with Crippen molar-refractivity contribution in [1.82, 2.24) is 0 Å². The van der Waals surface area contributed by atoms with Crippen molar-refractivity contribution in [3.05, 3.63) is 114 Å². The van der Waals surface area contributed by atoms with Crippen LogP contribution in [0.25, 0.3) is 0 Å². The van der Waals surface area contributed by atoms with E-state index in [1.165, 1.54) is 27.1 Å². The molecule has 0 aliphatic carbocycles. The number of benzene rings is 3. The second-order valence-corrected chi connectivity index (χ2v) is 11.4. The van der Waals surface area contributed by atoms with Gasteiger partial charge < -0.3 is 12.4 Å². The molecule has 0 aliphatic rings. The summed E-state index contributed by atoms with van der Waals surface area (Å²) >= 11 is 0. The molecule has 0 bridgehead atoms. The Morgan fingerprint density at radius 3 is 1.40 bits per heavy atom. The van der Waals surface area contributed by atoms with Crippen LogP contribution in [0.3, 0.4) is 0 Å². The molecule has 0 saturated carbocycles. The first-order chi connectivity index (χ1) is 14.1. The van der Waals surface area contributed by atoms with E-state index >= 15 is 0 Å². The van der Waals surface area contributed by atoms with E-state index in [-0.39, 0.29) is 12.4 Å². The van der Waals surface area contributed by atoms with Crippen LogP contribution in [-0.4, -0.2) is 6.16 Å². The fourth-order valence-corrected chi connectivity index (χ4v) is 7.95. The molecule has 0 amide bonds. The normalized spacial score (nSPS) is 11.5. The van der Waals surface area contributed by atoms with Crippen LogP contribution < -0.4 is 28.3 Å². The summed E-state index contributed by atoms with van der Waals surface area (Å²) in [4.78, 5) is 0. The largest absolute Gasteiger partial charge is 1.00 e. The van der Waals surface area contributed by atoms with Gasteiger partial charge in [-0.2, -0.15) is 0 Å². The fraction of sp³-hybridized carbons (Fsp3) is 0.214. The minimum Gasteiger partial charge on any atom is -1.00 e. The van der Waals surface area contributed by atoms with Crippen molar-refractivity contribution in [2.75, 3.05) is 6.16 Å². The summed E-state index contributed by atoms with van der Waals surface area (Å²) in [6.07, 6.45) is 8.15. The van der Waals surface area contributed by atoms with E-state index in [9.17, 15) is 0 Å². The van der Waals surface area contributed by atoms with Gasteiger partial charge in [-0.3, -0.25) is 0 Å². The quantitative estimate of drug-likeness (QED) is 0.375. The molecule has 0 atom stereocenters.